The van der Waals surface area contributed by atoms with E-state index in [1.807, 2.05) is 36.6 Å². The topological polar surface area (TPSA) is 83.6 Å². The first-order chi connectivity index (χ1) is 12.6. The number of amides is 1. The molecule has 0 aliphatic carbocycles. The molecule has 0 saturated heterocycles. The summed E-state index contributed by atoms with van der Waals surface area (Å²) in [6.07, 6.45) is 0. The molecule has 3 rings (SSSR count). The lowest BCUT2D eigenvalue weighted by molar-refractivity contribution is -0.113. The van der Waals surface area contributed by atoms with E-state index < -0.39 is 0 Å². The molecule has 1 amide bonds. The van der Waals surface area contributed by atoms with E-state index in [-0.39, 0.29) is 11.7 Å². The molecule has 0 radical (unpaired) electrons. The van der Waals surface area contributed by atoms with Gasteiger partial charge >= 0.3 is 0 Å². The van der Waals surface area contributed by atoms with Crippen LogP contribution in [0.2, 0.25) is 0 Å². The summed E-state index contributed by atoms with van der Waals surface area (Å²) in [5.41, 5.74) is 2.64. The highest BCUT2D eigenvalue weighted by Gasteiger charge is 2.15. The fraction of sp³-hybridized carbons (Fsp3) is 0.222. The highest BCUT2D eigenvalue weighted by Crippen LogP contribution is 2.26. The molecule has 3 aromatic rings. The number of hydrogen-bond acceptors (Lipinski definition) is 6. The van der Waals surface area contributed by atoms with E-state index in [1.54, 1.807) is 11.4 Å². The van der Waals surface area contributed by atoms with Crippen LogP contribution < -0.4 is 5.32 Å². The van der Waals surface area contributed by atoms with Crippen molar-refractivity contribution in [2.45, 2.75) is 25.5 Å². The zero-order chi connectivity index (χ0) is 18.5. The molecule has 26 heavy (non-hydrogen) atoms. The third-order valence-electron chi connectivity index (χ3n) is 3.68. The molecule has 2 heterocycles. The number of aromatic nitrogens is 3. The van der Waals surface area contributed by atoms with Gasteiger partial charge in [-0.15, -0.1) is 21.5 Å². The minimum absolute atomic E-state index is 0.170. The van der Waals surface area contributed by atoms with E-state index in [2.05, 4.69) is 27.6 Å². The van der Waals surface area contributed by atoms with E-state index in [9.17, 15) is 4.79 Å². The van der Waals surface area contributed by atoms with Crippen LogP contribution in [0.1, 0.15) is 18.1 Å². The van der Waals surface area contributed by atoms with Gasteiger partial charge in [-0.1, -0.05) is 35.5 Å². The number of thiophene rings is 1. The first-order valence-electron chi connectivity index (χ1n) is 8.03. The normalized spacial score (nSPS) is 10.5. The molecule has 0 atom stereocenters. The van der Waals surface area contributed by atoms with Crippen molar-refractivity contribution in [3.05, 3.63) is 46.8 Å². The lowest BCUT2D eigenvalue weighted by Gasteiger charge is -2.08. The van der Waals surface area contributed by atoms with Gasteiger partial charge in [-0.25, -0.2) is 0 Å². The first kappa shape index (κ1) is 18.2. The van der Waals surface area contributed by atoms with Gasteiger partial charge in [0.05, 0.1) is 11.3 Å². The second-order valence-electron chi connectivity index (χ2n) is 5.53. The minimum Gasteiger partial charge on any atom is -0.316 e. The number of nitrogens with zero attached hydrogens (tertiary/aromatic N) is 4. The molecule has 0 unspecified atom stereocenters. The van der Waals surface area contributed by atoms with Crippen molar-refractivity contribution in [1.82, 2.24) is 14.8 Å². The van der Waals surface area contributed by atoms with Crippen LogP contribution in [0.3, 0.4) is 0 Å². The van der Waals surface area contributed by atoms with Crippen LogP contribution in [0.5, 0.6) is 0 Å². The summed E-state index contributed by atoms with van der Waals surface area (Å²) in [7, 11) is 0. The van der Waals surface area contributed by atoms with E-state index in [4.69, 9.17) is 5.26 Å². The van der Waals surface area contributed by atoms with Gasteiger partial charge in [0.25, 0.3) is 0 Å². The Balaban J connectivity index is 1.71. The van der Waals surface area contributed by atoms with Gasteiger partial charge in [-0.2, -0.15) is 5.26 Å². The monoisotopic (exact) mass is 383 g/mol. The lowest BCUT2D eigenvalue weighted by Crippen LogP contribution is -2.14. The Labute approximate surface area is 159 Å². The number of rotatable bonds is 6. The molecule has 132 valence electrons. The second kappa shape index (κ2) is 8.17. The number of carbonyl (C=O) groups excluding carboxylic acids is 1. The summed E-state index contributed by atoms with van der Waals surface area (Å²) in [6, 6.07) is 11.9. The summed E-state index contributed by atoms with van der Waals surface area (Å²) in [5.74, 6) is 0.829. The maximum Gasteiger partial charge on any atom is 0.235 e. The largest absolute Gasteiger partial charge is 0.316 e. The number of hydrogen-bond donors (Lipinski definition) is 1. The molecule has 0 fully saturated rings. The van der Waals surface area contributed by atoms with Gasteiger partial charge in [0.2, 0.25) is 5.91 Å². The molecule has 6 nitrogen and oxygen atoms in total. The number of aryl methyl sites for hydroxylation is 1. The zero-order valence-corrected chi connectivity index (χ0v) is 16.0. The third-order valence-corrected chi connectivity index (χ3v) is 5.48. The fourth-order valence-electron chi connectivity index (χ4n) is 2.47. The van der Waals surface area contributed by atoms with E-state index in [1.165, 1.54) is 23.1 Å². The quantitative estimate of drug-likeness (QED) is 0.652. The summed E-state index contributed by atoms with van der Waals surface area (Å²) in [4.78, 5) is 12.2. The molecule has 1 aromatic carbocycles. The zero-order valence-electron chi connectivity index (χ0n) is 14.4. The maximum absolute atomic E-state index is 12.2. The minimum atomic E-state index is -0.170. The second-order valence-corrected chi connectivity index (χ2v) is 7.39. The van der Waals surface area contributed by atoms with E-state index in [0.29, 0.717) is 22.3 Å². The Morgan fingerprint density at radius 2 is 2.23 bits per heavy atom. The number of anilines is 1. The Morgan fingerprint density at radius 3 is 2.96 bits per heavy atom. The van der Waals surface area contributed by atoms with Gasteiger partial charge in [-0.3, -0.25) is 4.79 Å². The van der Waals surface area contributed by atoms with Crippen molar-refractivity contribution < 1.29 is 4.79 Å². The van der Waals surface area contributed by atoms with Crippen LogP contribution in [0.15, 0.2) is 40.9 Å². The van der Waals surface area contributed by atoms with E-state index >= 15 is 0 Å². The predicted molar refractivity (Wildman–Crippen MR) is 104 cm³/mol. The van der Waals surface area contributed by atoms with Crippen LogP contribution in [-0.2, 0) is 11.3 Å². The Hall–Kier alpha value is -2.63. The molecule has 0 aliphatic rings. The molecular weight excluding hydrogens is 366 g/mol. The van der Waals surface area contributed by atoms with Crippen LogP contribution in [0, 0.1) is 18.3 Å². The molecule has 0 saturated carbocycles. The predicted octanol–water partition coefficient (Wildman–Crippen LogP) is 3.94. The van der Waals surface area contributed by atoms with Crippen molar-refractivity contribution in [2.24, 2.45) is 0 Å². The van der Waals surface area contributed by atoms with Gasteiger partial charge in [0.1, 0.15) is 11.1 Å². The number of carbonyl (C=O) groups is 1. The standard InChI is InChI=1S/C18H17N5OS2/c1-3-23-16(13-6-4-5-12(2)9-13)21-22-18(23)26-11-15(24)20-17-14(10-19)7-8-25-17/h4-9H,3,11H2,1-2H3,(H,20,24). The lowest BCUT2D eigenvalue weighted by atomic mass is 10.1. The Kier molecular flexibility index (Phi) is 5.71. The van der Waals surface area contributed by atoms with Gasteiger partial charge in [-0.05, 0) is 31.4 Å². The van der Waals surface area contributed by atoms with Crippen LogP contribution in [0.4, 0.5) is 5.00 Å². The van der Waals surface area contributed by atoms with Gasteiger partial charge < -0.3 is 9.88 Å². The molecule has 0 bridgehead atoms. The number of nitrogens with one attached hydrogen (secondary N) is 1. The number of nitriles is 1. The van der Waals surface area contributed by atoms with Crippen molar-refractivity contribution in [1.29, 1.82) is 5.26 Å². The van der Waals surface area contributed by atoms with Crippen LogP contribution in [-0.4, -0.2) is 26.4 Å². The third kappa shape index (κ3) is 3.95. The number of benzene rings is 1. The van der Waals surface area contributed by atoms with Crippen molar-refractivity contribution in [3.63, 3.8) is 0 Å². The highest BCUT2D eigenvalue weighted by atomic mass is 32.2. The van der Waals surface area contributed by atoms with Crippen molar-refractivity contribution in [2.75, 3.05) is 11.1 Å². The summed E-state index contributed by atoms with van der Waals surface area (Å²) >= 11 is 2.67. The Morgan fingerprint density at radius 1 is 1.38 bits per heavy atom. The van der Waals surface area contributed by atoms with Crippen molar-refractivity contribution >= 4 is 34.0 Å². The van der Waals surface area contributed by atoms with Gasteiger partial charge in [0.15, 0.2) is 11.0 Å². The smallest absolute Gasteiger partial charge is 0.235 e. The number of thioether (sulfide) groups is 1. The summed E-state index contributed by atoms with van der Waals surface area (Å²) in [5, 5.41) is 23.4. The first-order valence-corrected chi connectivity index (χ1v) is 9.89. The molecule has 2 aromatic heterocycles. The SMILES string of the molecule is CCn1c(SCC(=O)Nc2sccc2C#N)nnc1-c1cccc(C)c1. The average molecular weight is 384 g/mol. The Bertz CT molecular complexity index is 970. The van der Waals surface area contributed by atoms with E-state index in [0.717, 1.165) is 17.0 Å². The average Bonchev–Trinajstić information content (AvgIpc) is 3.25. The summed E-state index contributed by atoms with van der Waals surface area (Å²) in [6.45, 7) is 4.78. The molecule has 0 spiro atoms. The van der Waals surface area contributed by atoms with Crippen molar-refractivity contribution in [3.8, 4) is 17.5 Å². The van der Waals surface area contributed by atoms with Crippen LogP contribution in [0.25, 0.3) is 11.4 Å². The molecular formula is C18H17N5OS2. The van der Waals surface area contributed by atoms with Crippen LogP contribution >= 0.6 is 23.1 Å². The summed E-state index contributed by atoms with van der Waals surface area (Å²) < 4.78 is 2.00. The van der Waals surface area contributed by atoms with Gasteiger partial charge in [0, 0.05) is 12.1 Å². The molecule has 0 aliphatic heterocycles. The molecule has 1 N–H and O–H groups in total. The molecule has 8 heteroatoms. The highest BCUT2D eigenvalue weighted by molar-refractivity contribution is 7.99. The maximum atomic E-state index is 12.2. The fourth-order valence-corrected chi connectivity index (χ4v) is 4.02.